The molecule has 3 nitrogen and oxygen atoms in total. The third kappa shape index (κ3) is 3.10. The monoisotopic (exact) mass is 348 g/mol. The largest absolute Gasteiger partial charge is 0.462 e. The molecule has 0 saturated heterocycles. The van der Waals surface area contributed by atoms with Gasteiger partial charge in [0, 0.05) is 15.4 Å². The van der Waals surface area contributed by atoms with Gasteiger partial charge in [0.2, 0.25) is 0 Å². The molecule has 0 aliphatic heterocycles. The Balaban J connectivity index is 2.74. The van der Waals surface area contributed by atoms with E-state index in [4.69, 9.17) is 9.15 Å². The first-order valence-corrected chi connectivity index (χ1v) is 7.60. The topological polar surface area (TPSA) is 39.4 Å². The molecule has 0 aliphatic carbocycles. The van der Waals surface area contributed by atoms with Gasteiger partial charge in [-0.3, -0.25) is 0 Å². The number of carbonyl (C=O) groups is 1. The molecule has 2 rings (SSSR count). The molecule has 4 heteroatoms. The van der Waals surface area contributed by atoms with E-state index in [1.165, 1.54) is 0 Å². The van der Waals surface area contributed by atoms with Crippen molar-refractivity contribution in [3.63, 3.8) is 0 Å². The maximum atomic E-state index is 12.3. The number of rotatable bonds is 4. The predicted molar refractivity (Wildman–Crippen MR) is 88.3 cm³/mol. The molecule has 0 saturated carbocycles. The van der Waals surface area contributed by atoms with E-state index in [2.05, 4.69) is 15.9 Å². The van der Waals surface area contributed by atoms with Crippen LogP contribution in [-0.4, -0.2) is 12.6 Å². The number of carbonyl (C=O) groups excluding carboxylic acids is 1. The zero-order chi connectivity index (χ0) is 15.4. The minimum atomic E-state index is -0.367. The van der Waals surface area contributed by atoms with Gasteiger partial charge in [-0.25, -0.2) is 4.79 Å². The second-order valence-electron chi connectivity index (χ2n) is 4.41. The summed E-state index contributed by atoms with van der Waals surface area (Å²) in [6.45, 7) is 5.95. The van der Waals surface area contributed by atoms with Gasteiger partial charge in [-0.05, 0) is 39.0 Å². The van der Waals surface area contributed by atoms with Crippen LogP contribution >= 0.6 is 15.9 Å². The van der Waals surface area contributed by atoms with Crippen LogP contribution in [0.5, 0.6) is 0 Å². The van der Waals surface area contributed by atoms with Gasteiger partial charge >= 0.3 is 5.97 Å². The molecule has 21 heavy (non-hydrogen) atoms. The van der Waals surface area contributed by atoms with Crippen LogP contribution in [0, 0.1) is 0 Å². The number of hydrogen-bond donors (Lipinski definition) is 0. The van der Waals surface area contributed by atoms with Gasteiger partial charge in [0.15, 0.2) is 0 Å². The Morgan fingerprint density at radius 3 is 2.76 bits per heavy atom. The van der Waals surface area contributed by atoms with Gasteiger partial charge in [-0.1, -0.05) is 34.2 Å². The van der Waals surface area contributed by atoms with Crippen molar-refractivity contribution in [2.75, 3.05) is 6.61 Å². The summed E-state index contributed by atoms with van der Waals surface area (Å²) in [5.74, 6) is 0.176. The minimum Gasteiger partial charge on any atom is -0.462 e. The Hall–Kier alpha value is -1.81. The Labute approximate surface area is 132 Å². The zero-order valence-corrected chi connectivity index (χ0v) is 13.9. The molecule has 2 aromatic rings. The maximum Gasteiger partial charge on any atom is 0.342 e. The van der Waals surface area contributed by atoms with Crippen molar-refractivity contribution in [2.45, 2.75) is 20.8 Å². The summed E-state index contributed by atoms with van der Waals surface area (Å²) in [5, 5.41) is 0.752. The fraction of sp³-hybridized carbons (Fsp3) is 0.235. The standard InChI is InChI=1S/C17H17BrO3/c1-4-7-11(5-2)16-15(17(19)20-6-3)13-10-12(18)8-9-14(13)21-16/h4-5,7-10H,6H2,1-3H3. The Morgan fingerprint density at radius 2 is 2.14 bits per heavy atom. The van der Waals surface area contributed by atoms with E-state index in [9.17, 15) is 4.79 Å². The molecule has 1 heterocycles. The van der Waals surface area contributed by atoms with E-state index in [1.54, 1.807) is 6.92 Å². The van der Waals surface area contributed by atoms with Crippen molar-refractivity contribution < 1.29 is 13.9 Å². The highest BCUT2D eigenvalue weighted by Gasteiger charge is 2.23. The lowest BCUT2D eigenvalue weighted by molar-refractivity contribution is 0.0527. The van der Waals surface area contributed by atoms with E-state index in [1.807, 2.05) is 50.3 Å². The normalized spacial score (nSPS) is 12.3. The second-order valence-corrected chi connectivity index (χ2v) is 5.33. The van der Waals surface area contributed by atoms with Crippen molar-refractivity contribution in [1.82, 2.24) is 0 Å². The smallest absolute Gasteiger partial charge is 0.342 e. The lowest BCUT2D eigenvalue weighted by Crippen LogP contribution is -2.06. The highest BCUT2D eigenvalue weighted by molar-refractivity contribution is 9.10. The molecule has 110 valence electrons. The Morgan fingerprint density at radius 1 is 1.38 bits per heavy atom. The number of hydrogen-bond acceptors (Lipinski definition) is 3. The molecular weight excluding hydrogens is 332 g/mol. The molecule has 1 aromatic heterocycles. The van der Waals surface area contributed by atoms with Gasteiger partial charge in [0.1, 0.15) is 16.9 Å². The number of furan rings is 1. The van der Waals surface area contributed by atoms with E-state index in [0.29, 0.717) is 23.5 Å². The molecule has 0 unspecified atom stereocenters. The second kappa shape index (κ2) is 6.76. The van der Waals surface area contributed by atoms with Crippen molar-refractivity contribution in [1.29, 1.82) is 0 Å². The summed E-state index contributed by atoms with van der Waals surface area (Å²) in [6, 6.07) is 5.60. The first-order valence-electron chi connectivity index (χ1n) is 6.80. The lowest BCUT2D eigenvalue weighted by atomic mass is 10.1. The third-order valence-corrected chi connectivity index (χ3v) is 3.54. The molecular formula is C17H17BrO3. The van der Waals surface area contributed by atoms with E-state index in [0.717, 1.165) is 15.4 Å². The Kier molecular flexibility index (Phi) is 5.02. The summed E-state index contributed by atoms with van der Waals surface area (Å²) in [5.41, 5.74) is 1.99. The number of fused-ring (bicyclic) bond motifs is 1. The molecule has 0 N–H and O–H groups in total. The fourth-order valence-corrected chi connectivity index (χ4v) is 2.52. The highest BCUT2D eigenvalue weighted by atomic mass is 79.9. The van der Waals surface area contributed by atoms with Crippen LogP contribution in [0.25, 0.3) is 16.5 Å². The van der Waals surface area contributed by atoms with Crippen LogP contribution in [0.3, 0.4) is 0 Å². The molecule has 0 spiro atoms. The van der Waals surface area contributed by atoms with Gasteiger partial charge in [0.25, 0.3) is 0 Å². The zero-order valence-electron chi connectivity index (χ0n) is 12.3. The molecule has 0 bridgehead atoms. The number of allylic oxidation sites excluding steroid dienone is 4. The van der Waals surface area contributed by atoms with Crippen LogP contribution in [0.4, 0.5) is 0 Å². The third-order valence-electron chi connectivity index (χ3n) is 3.05. The SMILES string of the molecule is CC=CC(=CC)c1oc2ccc(Br)cc2c1C(=O)OCC. The molecule has 0 fully saturated rings. The quantitative estimate of drug-likeness (QED) is 0.552. The summed E-state index contributed by atoms with van der Waals surface area (Å²) in [4.78, 5) is 12.3. The van der Waals surface area contributed by atoms with Gasteiger partial charge in [-0.2, -0.15) is 0 Å². The number of ether oxygens (including phenoxy) is 1. The number of esters is 1. The van der Waals surface area contributed by atoms with Crippen molar-refractivity contribution in [3.05, 3.63) is 52.2 Å². The van der Waals surface area contributed by atoms with Crippen LogP contribution in [0.15, 0.2) is 45.3 Å². The van der Waals surface area contributed by atoms with Gasteiger partial charge in [-0.15, -0.1) is 0 Å². The summed E-state index contributed by atoms with van der Waals surface area (Å²) < 4.78 is 12.0. The number of benzene rings is 1. The predicted octanol–water partition coefficient (Wildman–Crippen LogP) is 5.35. The highest BCUT2D eigenvalue weighted by Crippen LogP contribution is 2.33. The van der Waals surface area contributed by atoms with Crippen LogP contribution in [0.1, 0.15) is 36.9 Å². The molecule has 0 atom stereocenters. The minimum absolute atomic E-state index is 0.327. The molecule has 0 radical (unpaired) electrons. The average molecular weight is 349 g/mol. The average Bonchev–Trinajstić information content (AvgIpc) is 2.83. The van der Waals surface area contributed by atoms with Crippen LogP contribution in [-0.2, 0) is 4.74 Å². The van der Waals surface area contributed by atoms with Gasteiger partial charge in [0.05, 0.1) is 6.61 Å². The molecule has 1 aromatic carbocycles. The number of halogens is 1. The summed E-state index contributed by atoms with van der Waals surface area (Å²) in [7, 11) is 0. The van der Waals surface area contributed by atoms with E-state index < -0.39 is 0 Å². The first-order chi connectivity index (χ1) is 10.1. The van der Waals surface area contributed by atoms with Gasteiger partial charge < -0.3 is 9.15 Å². The van der Waals surface area contributed by atoms with E-state index in [-0.39, 0.29) is 5.97 Å². The summed E-state index contributed by atoms with van der Waals surface area (Å²) >= 11 is 3.43. The first kappa shape index (κ1) is 15.6. The Bertz CT molecular complexity index is 723. The van der Waals surface area contributed by atoms with Crippen LogP contribution in [0.2, 0.25) is 0 Å². The van der Waals surface area contributed by atoms with Crippen molar-refractivity contribution in [2.24, 2.45) is 0 Å². The van der Waals surface area contributed by atoms with Crippen molar-refractivity contribution in [3.8, 4) is 0 Å². The van der Waals surface area contributed by atoms with Crippen LogP contribution < -0.4 is 0 Å². The lowest BCUT2D eigenvalue weighted by Gasteiger charge is -2.03. The van der Waals surface area contributed by atoms with Crippen molar-refractivity contribution >= 4 is 38.4 Å². The van der Waals surface area contributed by atoms with E-state index >= 15 is 0 Å². The fourth-order valence-electron chi connectivity index (χ4n) is 2.16. The molecule has 0 aliphatic rings. The summed E-state index contributed by atoms with van der Waals surface area (Å²) in [6.07, 6.45) is 5.73. The molecule has 0 amide bonds. The maximum absolute atomic E-state index is 12.3.